The zero-order chi connectivity index (χ0) is 27.1. The molecule has 7 atom stereocenters. The molecule has 15 nitrogen and oxygen atoms in total. The number of esters is 3. The van der Waals surface area contributed by atoms with Crippen molar-refractivity contribution >= 4 is 53.3 Å². The molecule has 196 valence electrons. The van der Waals surface area contributed by atoms with E-state index in [0.717, 1.165) is 27.7 Å². The third-order valence-electron chi connectivity index (χ3n) is 4.68. The van der Waals surface area contributed by atoms with Gasteiger partial charge in [0.25, 0.3) is 0 Å². The summed E-state index contributed by atoms with van der Waals surface area (Å²) in [6.45, 7) is 3.60. The number of aliphatic carboxylic acids is 2. The lowest BCUT2D eigenvalue weighted by Crippen LogP contribution is -2.74. The highest BCUT2D eigenvalue weighted by atomic mass is 32.1. The van der Waals surface area contributed by atoms with Crippen molar-refractivity contribution in [1.29, 1.82) is 0 Å². The first kappa shape index (κ1) is 29.8. The number of carboxylic acids is 2. The molecule has 0 spiro atoms. The van der Waals surface area contributed by atoms with Crippen LogP contribution in [0.25, 0.3) is 0 Å². The van der Waals surface area contributed by atoms with Crippen LogP contribution in [0.1, 0.15) is 27.7 Å². The molecular weight excluding hydrogens is 494 g/mol. The molecule has 0 saturated carbocycles. The van der Waals surface area contributed by atoms with Gasteiger partial charge in [-0.2, -0.15) is 0 Å². The molecule has 0 radical (unpaired) electrons. The minimum absolute atomic E-state index is 0.572. The Labute approximate surface area is 204 Å². The molecule has 3 unspecified atom stereocenters. The van der Waals surface area contributed by atoms with Gasteiger partial charge in [0, 0.05) is 33.1 Å². The third-order valence-corrected chi connectivity index (χ3v) is 5.06. The fraction of sp³-hybridized carbons (Fsp3) is 0.632. The third kappa shape index (κ3) is 8.20. The predicted molar refractivity (Wildman–Crippen MR) is 117 cm³/mol. The van der Waals surface area contributed by atoms with Gasteiger partial charge in [0.1, 0.15) is 24.9 Å². The SMILES string of the molecule is CC(=O)N[C@H]1C(C(NC(N)(C=S)C(=O)O)C(=O)O)O[C@H](COC(C)=O)[C@@H](OC(C)=O)[C@@H]1OC(C)=O. The molecule has 1 aliphatic heterocycles. The van der Waals surface area contributed by atoms with E-state index in [1.807, 2.05) is 0 Å². The summed E-state index contributed by atoms with van der Waals surface area (Å²) in [5.74, 6) is -6.65. The van der Waals surface area contributed by atoms with Crippen LogP contribution < -0.4 is 16.4 Å². The molecule has 1 aliphatic rings. The zero-order valence-corrected chi connectivity index (χ0v) is 20.0. The van der Waals surface area contributed by atoms with E-state index in [9.17, 15) is 39.0 Å². The van der Waals surface area contributed by atoms with Crippen LogP contribution in [0.2, 0.25) is 0 Å². The molecule has 1 fully saturated rings. The monoisotopic (exact) mass is 521 g/mol. The number of carbonyl (C=O) groups excluding carboxylic acids is 4. The summed E-state index contributed by atoms with van der Waals surface area (Å²) in [4.78, 5) is 70.8. The molecule has 0 bridgehead atoms. The van der Waals surface area contributed by atoms with Crippen molar-refractivity contribution in [2.45, 2.75) is 69.9 Å². The van der Waals surface area contributed by atoms with Crippen molar-refractivity contribution < 1.29 is 57.9 Å². The van der Waals surface area contributed by atoms with E-state index in [1.165, 1.54) is 0 Å². The first-order valence-corrected chi connectivity index (χ1v) is 10.5. The largest absolute Gasteiger partial charge is 0.480 e. The highest BCUT2D eigenvalue weighted by Crippen LogP contribution is 2.29. The van der Waals surface area contributed by atoms with E-state index >= 15 is 0 Å². The second-order valence-corrected chi connectivity index (χ2v) is 7.80. The molecule has 0 aromatic rings. The van der Waals surface area contributed by atoms with Gasteiger partial charge in [-0.05, 0) is 0 Å². The van der Waals surface area contributed by atoms with Crippen molar-refractivity contribution in [3.63, 3.8) is 0 Å². The van der Waals surface area contributed by atoms with Gasteiger partial charge in [0.05, 0.1) is 6.04 Å². The van der Waals surface area contributed by atoms with Crippen LogP contribution in [0.4, 0.5) is 0 Å². The Morgan fingerprint density at radius 3 is 1.97 bits per heavy atom. The Morgan fingerprint density at radius 1 is 1.03 bits per heavy atom. The van der Waals surface area contributed by atoms with Crippen LogP contribution in [0, 0.1) is 0 Å². The topological polar surface area (TPSA) is 230 Å². The Balaban J connectivity index is 3.67. The van der Waals surface area contributed by atoms with E-state index in [2.05, 4.69) is 22.9 Å². The Hall–Kier alpha value is -3.21. The van der Waals surface area contributed by atoms with E-state index in [1.54, 1.807) is 0 Å². The maximum absolute atomic E-state index is 12.2. The number of nitrogens with two attached hydrogens (primary N) is 1. The van der Waals surface area contributed by atoms with Crippen molar-refractivity contribution in [2.24, 2.45) is 5.73 Å². The van der Waals surface area contributed by atoms with Crippen LogP contribution in [0.15, 0.2) is 0 Å². The van der Waals surface area contributed by atoms with E-state index in [-0.39, 0.29) is 0 Å². The van der Waals surface area contributed by atoms with Crippen molar-refractivity contribution in [1.82, 2.24) is 10.6 Å². The van der Waals surface area contributed by atoms with E-state index < -0.39 is 84.5 Å². The standard InChI is InChI=1S/C19H27N3O12S/c1-7(23)21-12-15(13(17(27)28)22-19(20,6-35)18(29)30)34-11(5-31-8(2)24)14(32-9(3)25)16(12)33-10(4)26/h6,11-16,22H,5,20H2,1-4H3,(H,21,23)(H,27,28)(H,29,30)/t11-,12+,13?,14-,15?,16-,19?/m1/s1. The van der Waals surface area contributed by atoms with Crippen LogP contribution in [-0.4, -0.2) is 100 Å². The molecular formula is C19H27N3O12S. The van der Waals surface area contributed by atoms with Crippen molar-refractivity contribution in [3.8, 4) is 0 Å². The first-order chi connectivity index (χ1) is 16.1. The number of hydrogen-bond donors (Lipinski definition) is 5. The summed E-state index contributed by atoms with van der Waals surface area (Å²) in [7, 11) is 0. The first-order valence-electron chi connectivity index (χ1n) is 10.0. The molecule has 35 heavy (non-hydrogen) atoms. The summed E-state index contributed by atoms with van der Waals surface area (Å²) < 4.78 is 21.2. The second kappa shape index (κ2) is 12.5. The van der Waals surface area contributed by atoms with Crippen LogP contribution >= 0.6 is 12.2 Å². The molecule has 0 aliphatic carbocycles. The minimum atomic E-state index is -2.53. The molecule has 0 aromatic carbocycles. The Morgan fingerprint density at radius 2 is 1.57 bits per heavy atom. The number of hydrogen-bond acceptors (Lipinski definition) is 13. The number of amides is 1. The van der Waals surface area contributed by atoms with Crippen LogP contribution in [-0.2, 0) is 47.7 Å². The smallest absolute Gasteiger partial charge is 0.343 e. The summed E-state index contributed by atoms with van der Waals surface area (Å²) in [6.07, 6.45) is -6.13. The minimum Gasteiger partial charge on any atom is -0.480 e. The quantitative estimate of drug-likeness (QED) is 0.0816. The lowest BCUT2D eigenvalue weighted by atomic mass is 9.87. The Kier molecular flexibility index (Phi) is 10.6. The lowest BCUT2D eigenvalue weighted by Gasteiger charge is -2.47. The average molecular weight is 522 g/mol. The van der Waals surface area contributed by atoms with Gasteiger partial charge < -0.3 is 34.5 Å². The fourth-order valence-corrected chi connectivity index (χ4v) is 3.51. The second-order valence-electron chi connectivity index (χ2n) is 7.57. The summed E-state index contributed by atoms with van der Waals surface area (Å²) in [5, 5.41) is 24.4. The number of rotatable bonds is 11. The summed E-state index contributed by atoms with van der Waals surface area (Å²) in [5.41, 5.74) is 3.14. The number of carboxylic acid groups (broad SMARTS) is 2. The molecule has 1 saturated heterocycles. The molecule has 6 N–H and O–H groups in total. The van der Waals surface area contributed by atoms with Gasteiger partial charge in [-0.15, -0.1) is 0 Å². The zero-order valence-electron chi connectivity index (χ0n) is 19.2. The normalized spacial score (nSPS) is 26.3. The number of carbonyl (C=O) groups is 6. The maximum Gasteiger partial charge on any atom is 0.343 e. The molecule has 1 rings (SSSR count). The predicted octanol–water partition coefficient (Wildman–Crippen LogP) is -2.53. The van der Waals surface area contributed by atoms with Gasteiger partial charge >= 0.3 is 29.8 Å². The summed E-state index contributed by atoms with van der Waals surface area (Å²) >= 11 is 4.63. The highest BCUT2D eigenvalue weighted by Gasteiger charge is 2.55. The molecule has 16 heteroatoms. The van der Waals surface area contributed by atoms with Crippen molar-refractivity contribution in [3.05, 3.63) is 0 Å². The number of ether oxygens (including phenoxy) is 4. The van der Waals surface area contributed by atoms with Crippen molar-refractivity contribution in [2.75, 3.05) is 6.61 Å². The highest BCUT2D eigenvalue weighted by molar-refractivity contribution is 7.79. The van der Waals surface area contributed by atoms with E-state index in [4.69, 9.17) is 24.7 Å². The van der Waals surface area contributed by atoms with Crippen LogP contribution in [0.3, 0.4) is 0 Å². The van der Waals surface area contributed by atoms with Gasteiger partial charge in [0.2, 0.25) is 5.91 Å². The number of thiocarbonyl (C=S) groups is 1. The van der Waals surface area contributed by atoms with E-state index in [0.29, 0.717) is 5.37 Å². The average Bonchev–Trinajstić information content (AvgIpc) is 2.72. The van der Waals surface area contributed by atoms with Crippen LogP contribution in [0.5, 0.6) is 0 Å². The number of nitrogens with one attached hydrogen (secondary N) is 2. The fourth-order valence-electron chi connectivity index (χ4n) is 3.34. The van der Waals surface area contributed by atoms with Gasteiger partial charge in [-0.3, -0.25) is 35.0 Å². The summed E-state index contributed by atoms with van der Waals surface area (Å²) in [6, 6.07) is -3.49. The Bertz CT molecular complexity index is 883. The molecule has 0 aromatic heterocycles. The molecule has 1 heterocycles. The maximum atomic E-state index is 12.2. The van der Waals surface area contributed by atoms with Gasteiger partial charge in [0.15, 0.2) is 17.9 Å². The van der Waals surface area contributed by atoms with Gasteiger partial charge in [-0.1, -0.05) is 12.2 Å². The molecule has 1 amide bonds. The van der Waals surface area contributed by atoms with Gasteiger partial charge in [-0.25, -0.2) is 4.79 Å². The lowest BCUT2D eigenvalue weighted by molar-refractivity contribution is -0.229.